The van der Waals surface area contributed by atoms with Gasteiger partial charge in [0.15, 0.2) is 0 Å². The minimum atomic E-state index is -0.877. The van der Waals surface area contributed by atoms with Gasteiger partial charge in [-0.15, -0.1) is 11.6 Å². The highest BCUT2D eigenvalue weighted by atomic mass is 35.5. The zero-order valence-corrected chi connectivity index (χ0v) is 11.6. The highest BCUT2D eigenvalue weighted by Gasteiger charge is 2.18. The molecule has 19 heavy (non-hydrogen) atoms. The normalized spacial score (nSPS) is 19.2. The monoisotopic (exact) mass is 285 g/mol. The van der Waals surface area contributed by atoms with E-state index in [0.717, 1.165) is 37.6 Å². The van der Waals surface area contributed by atoms with Gasteiger partial charge in [0.25, 0.3) is 0 Å². The molecule has 2 unspecified atom stereocenters. The van der Waals surface area contributed by atoms with E-state index in [1.54, 1.807) is 0 Å². The molecule has 106 valence electrons. The van der Waals surface area contributed by atoms with E-state index in [1.165, 1.54) is 0 Å². The SMILES string of the molecule is OC(CCCl)C(O)c1ccc(N2CCOCC2)cc1. The maximum atomic E-state index is 9.98. The molecule has 0 saturated carbocycles. The Morgan fingerprint density at radius 1 is 1.16 bits per heavy atom. The number of ether oxygens (including phenoxy) is 1. The summed E-state index contributed by atoms with van der Waals surface area (Å²) in [4.78, 5) is 2.24. The van der Waals surface area contributed by atoms with Gasteiger partial charge in [-0.3, -0.25) is 0 Å². The summed E-state index contributed by atoms with van der Waals surface area (Å²) in [5.74, 6) is 0.337. The van der Waals surface area contributed by atoms with Crippen LogP contribution in [0.4, 0.5) is 5.69 Å². The number of nitrogens with zero attached hydrogens (tertiary/aromatic N) is 1. The van der Waals surface area contributed by atoms with Crippen molar-refractivity contribution in [3.8, 4) is 0 Å². The molecular weight excluding hydrogens is 266 g/mol. The Morgan fingerprint density at radius 3 is 2.37 bits per heavy atom. The molecule has 1 saturated heterocycles. The van der Waals surface area contributed by atoms with Crippen LogP contribution in [0.2, 0.25) is 0 Å². The van der Waals surface area contributed by atoms with Crippen molar-refractivity contribution in [2.24, 2.45) is 0 Å². The number of benzene rings is 1. The number of aliphatic hydroxyl groups excluding tert-OH is 2. The minimum absolute atomic E-state index is 0.337. The third-order valence-corrected chi connectivity index (χ3v) is 3.60. The van der Waals surface area contributed by atoms with Crippen molar-refractivity contribution in [3.05, 3.63) is 29.8 Å². The van der Waals surface area contributed by atoms with Crippen molar-refractivity contribution < 1.29 is 14.9 Å². The van der Waals surface area contributed by atoms with E-state index in [4.69, 9.17) is 16.3 Å². The molecule has 4 nitrogen and oxygen atoms in total. The Labute approximate surface area is 118 Å². The number of rotatable bonds is 5. The van der Waals surface area contributed by atoms with Crippen molar-refractivity contribution in [1.29, 1.82) is 0 Å². The second kappa shape index (κ2) is 7.10. The van der Waals surface area contributed by atoms with Gasteiger partial charge in [0.05, 0.1) is 19.3 Å². The van der Waals surface area contributed by atoms with Crippen LogP contribution in [-0.4, -0.2) is 48.5 Å². The summed E-state index contributed by atoms with van der Waals surface area (Å²) < 4.78 is 5.31. The standard InChI is InChI=1S/C14H20ClNO3/c15-6-5-13(17)14(18)11-1-3-12(4-2-11)16-7-9-19-10-8-16/h1-4,13-14,17-18H,5-10H2. The van der Waals surface area contributed by atoms with Gasteiger partial charge >= 0.3 is 0 Å². The van der Waals surface area contributed by atoms with Crippen LogP contribution in [0, 0.1) is 0 Å². The molecule has 0 spiro atoms. The minimum Gasteiger partial charge on any atom is -0.390 e. The lowest BCUT2D eigenvalue weighted by Gasteiger charge is -2.29. The van der Waals surface area contributed by atoms with E-state index in [9.17, 15) is 10.2 Å². The van der Waals surface area contributed by atoms with E-state index in [1.807, 2.05) is 24.3 Å². The first kappa shape index (κ1) is 14.6. The first-order valence-corrected chi connectivity index (χ1v) is 7.10. The smallest absolute Gasteiger partial charge is 0.105 e. The van der Waals surface area contributed by atoms with Crippen LogP contribution in [-0.2, 0) is 4.74 Å². The highest BCUT2D eigenvalue weighted by molar-refractivity contribution is 6.17. The molecule has 1 aromatic rings. The Kier molecular flexibility index (Phi) is 5.45. The van der Waals surface area contributed by atoms with Crippen LogP contribution < -0.4 is 4.90 Å². The molecule has 0 amide bonds. The summed E-state index contributed by atoms with van der Waals surface area (Å²) in [7, 11) is 0. The molecule has 2 atom stereocenters. The number of aliphatic hydroxyl groups is 2. The largest absolute Gasteiger partial charge is 0.390 e. The zero-order chi connectivity index (χ0) is 13.7. The van der Waals surface area contributed by atoms with Crippen molar-refractivity contribution >= 4 is 17.3 Å². The van der Waals surface area contributed by atoms with Gasteiger partial charge in [-0.25, -0.2) is 0 Å². The number of alkyl halides is 1. The van der Waals surface area contributed by atoms with Gasteiger partial charge in [-0.05, 0) is 24.1 Å². The van der Waals surface area contributed by atoms with Gasteiger partial charge < -0.3 is 19.8 Å². The maximum Gasteiger partial charge on any atom is 0.105 e. The van der Waals surface area contributed by atoms with E-state index in [2.05, 4.69) is 4.90 Å². The second-order valence-electron chi connectivity index (χ2n) is 4.68. The fraction of sp³-hybridized carbons (Fsp3) is 0.571. The molecule has 5 heteroatoms. The summed E-state index contributed by atoms with van der Waals surface area (Å²) in [6.07, 6.45) is -1.31. The van der Waals surface area contributed by atoms with E-state index >= 15 is 0 Å². The molecule has 1 fully saturated rings. The Morgan fingerprint density at radius 2 is 1.79 bits per heavy atom. The van der Waals surface area contributed by atoms with Crippen LogP contribution in [0.15, 0.2) is 24.3 Å². The fourth-order valence-corrected chi connectivity index (χ4v) is 2.42. The summed E-state index contributed by atoms with van der Waals surface area (Å²) in [6.45, 7) is 3.27. The van der Waals surface area contributed by atoms with Gasteiger partial charge in [-0.2, -0.15) is 0 Å². The molecule has 1 aromatic carbocycles. The number of hydrogen-bond donors (Lipinski definition) is 2. The van der Waals surface area contributed by atoms with Crippen LogP contribution in [0.25, 0.3) is 0 Å². The van der Waals surface area contributed by atoms with Gasteiger partial charge in [-0.1, -0.05) is 12.1 Å². The van der Waals surface area contributed by atoms with Crippen LogP contribution >= 0.6 is 11.6 Å². The van der Waals surface area contributed by atoms with Crippen LogP contribution in [0.5, 0.6) is 0 Å². The molecule has 0 bridgehead atoms. The first-order valence-electron chi connectivity index (χ1n) is 6.57. The third-order valence-electron chi connectivity index (χ3n) is 3.38. The molecule has 2 rings (SSSR count). The Bertz CT molecular complexity index is 379. The Hall–Kier alpha value is -0.810. The lowest BCUT2D eigenvalue weighted by atomic mass is 10.0. The number of morpholine rings is 1. The van der Waals surface area contributed by atoms with Crippen molar-refractivity contribution in [2.45, 2.75) is 18.6 Å². The molecule has 0 aromatic heterocycles. The summed E-state index contributed by atoms with van der Waals surface area (Å²) in [5, 5.41) is 19.7. The quantitative estimate of drug-likeness (QED) is 0.806. The van der Waals surface area contributed by atoms with Crippen LogP contribution in [0.1, 0.15) is 18.1 Å². The molecule has 1 aliphatic heterocycles. The lowest BCUT2D eigenvalue weighted by molar-refractivity contribution is 0.0170. The third kappa shape index (κ3) is 3.83. The number of anilines is 1. The average Bonchev–Trinajstić information content (AvgIpc) is 2.48. The van der Waals surface area contributed by atoms with Crippen molar-refractivity contribution in [2.75, 3.05) is 37.1 Å². The van der Waals surface area contributed by atoms with Gasteiger partial charge in [0.2, 0.25) is 0 Å². The van der Waals surface area contributed by atoms with Gasteiger partial charge in [0.1, 0.15) is 6.10 Å². The Balaban J connectivity index is 2.01. The number of hydrogen-bond acceptors (Lipinski definition) is 4. The molecule has 0 aliphatic carbocycles. The molecular formula is C14H20ClNO3. The van der Waals surface area contributed by atoms with E-state index in [-0.39, 0.29) is 0 Å². The van der Waals surface area contributed by atoms with Crippen LogP contribution in [0.3, 0.4) is 0 Å². The fourth-order valence-electron chi connectivity index (χ4n) is 2.20. The molecule has 2 N–H and O–H groups in total. The topological polar surface area (TPSA) is 52.9 Å². The summed E-state index contributed by atoms with van der Waals surface area (Å²) in [5.41, 5.74) is 1.83. The maximum absolute atomic E-state index is 9.98. The van der Waals surface area contributed by atoms with E-state index < -0.39 is 12.2 Å². The molecule has 0 radical (unpaired) electrons. The summed E-state index contributed by atoms with van der Waals surface area (Å²) >= 11 is 5.57. The van der Waals surface area contributed by atoms with Crippen molar-refractivity contribution in [1.82, 2.24) is 0 Å². The van der Waals surface area contributed by atoms with Gasteiger partial charge in [0, 0.05) is 24.7 Å². The first-order chi connectivity index (χ1) is 9.22. The zero-order valence-electron chi connectivity index (χ0n) is 10.8. The molecule has 1 aliphatic rings. The number of halogens is 1. The predicted molar refractivity (Wildman–Crippen MR) is 75.8 cm³/mol. The highest BCUT2D eigenvalue weighted by Crippen LogP contribution is 2.23. The second-order valence-corrected chi connectivity index (χ2v) is 5.06. The summed E-state index contributed by atoms with van der Waals surface area (Å²) in [6, 6.07) is 7.65. The lowest BCUT2D eigenvalue weighted by Crippen LogP contribution is -2.36. The molecule has 1 heterocycles. The average molecular weight is 286 g/mol. The van der Waals surface area contributed by atoms with E-state index in [0.29, 0.717) is 12.3 Å². The van der Waals surface area contributed by atoms with Crippen molar-refractivity contribution in [3.63, 3.8) is 0 Å². The predicted octanol–water partition coefficient (Wildman–Crippen LogP) is 1.55.